The minimum absolute atomic E-state index is 0.0414. The highest BCUT2D eigenvalue weighted by Crippen LogP contribution is 2.31. The van der Waals surface area contributed by atoms with E-state index in [0.29, 0.717) is 11.4 Å². The number of nitrogens with two attached hydrogens (primary N) is 1. The van der Waals surface area contributed by atoms with Crippen molar-refractivity contribution in [1.82, 2.24) is 0 Å². The minimum atomic E-state index is 0.0414. The molecule has 2 nitrogen and oxygen atoms in total. The monoisotopic (exact) mass is 289 g/mol. The van der Waals surface area contributed by atoms with Crippen LogP contribution < -0.4 is 10.5 Å². The molecule has 1 atom stereocenters. The lowest BCUT2D eigenvalue weighted by molar-refractivity contribution is 0.473. The Bertz CT molecular complexity index is 564. The molecule has 1 unspecified atom stereocenters. The zero-order chi connectivity index (χ0) is 14.5. The van der Waals surface area contributed by atoms with Gasteiger partial charge in [0.15, 0.2) is 0 Å². The average Bonchev–Trinajstić information content (AvgIpc) is 2.43. The number of benzene rings is 2. The molecule has 0 radical (unpaired) electrons. The van der Waals surface area contributed by atoms with Crippen molar-refractivity contribution in [2.75, 3.05) is 0 Å². The molecule has 20 heavy (non-hydrogen) atoms. The standard InChI is InChI=1S/C17H20ClNO/c1-3-13-7-9-14(10-8-13)20-17-6-4-5-16(18)15(17)11-12(2)19/h4-10,12H,3,11,19H2,1-2H3. The van der Waals surface area contributed by atoms with Crippen LogP contribution in [0.4, 0.5) is 0 Å². The fraction of sp³-hybridized carbons (Fsp3) is 0.294. The average molecular weight is 290 g/mol. The van der Waals surface area contributed by atoms with E-state index >= 15 is 0 Å². The smallest absolute Gasteiger partial charge is 0.132 e. The zero-order valence-corrected chi connectivity index (χ0v) is 12.7. The van der Waals surface area contributed by atoms with Crippen LogP contribution in [0, 0.1) is 0 Å². The van der Waals surface area contributed by atoms with Crippen LogP contribution in [-0.4, -0.2) is 6.04 Å². The Labute approximate surface area is 125 Å². The molecule has 0 aliphatic carbocycles. The first-order valence-electron chi connectivity index (χ1n) is 6.90. The maximum atomic E-state index is 6.25. The lowest BCUT2D eigenvalue weighted by atomic mass is 10.1. The Morgan fingerprint density at radius 1 is 1.15 bits per heavy atom. The molecule has 2 aromatic rings. The molecule has 2 rings (SSSR count). The maximum Gasteiger partial charge on any atom is 0.132 e. The molecule has 0 saturated carbocycles. The molecule has 0 aromatic heterocycles. The predicted molar refractivity (Wildman–Crippen MR) is 84.7 cm³/mol. The number of hydrogen-bond acceptors (Lipinski definition) is 2. The first-order valence-corrected chi connectivity index (χ1v) is 7.27. The van der Waals surface area contributed by atoms with Gasteiger partial charge in [-0.05, 0) is 49.6 Å². The lowest BCUT2D eigenvalue weighted by Crippen LogP contribution is -2.18. The molecule has 0 fully saturated rings. The molecule has 0 aliphatic rings. The van der Waals surface area contributed by atoms with Gasteiger partial charge in [-0.2, -0.15) is 0 Å². The second kappa shape index (κ2) is 6.78. The Hall–Kier alpha value is -1.51. The second-order valence-corrected chi connectivity index (χ2v) is 5.40. The summed E-state index contributed by atoms with van der Waals surface area (Å²) in [6, 6.07) is 13.8. The van der Waals surface area contributed by atoms with Gasteiger partial charge in [0.25, 0.3) is 0 Å². The number of rotatable bonds is 5. The van der Waals surface area contributed by atoms with Crippen LogP contribution in [0.25, 0.3) is 0 Å². The van der Waals surface area contributed by atoms with Gasteiger partial charge in [0, 0.05) is 16.6 Å². The van der Waals surface area contributed by atoms with Gasteiger partial charge < -0.3 is 10.5 Å². The first kappa shape index (κ1) is 14.9. The van der Waals surface area contributed by atoms with Gasteiger partial charge in [0.2, 0.25) is 0 Å². The van der Waals surface area contributed by atoms with E-state index in [9.17, 15) is 0 Å². The Balaban J connectivity index is 2.25. The van der Waals surface area contributed by atoms with Gasteiger partial charge in [0.1, 0.15) is 11.5 Å². The topological polar surface area (TPSA) is 35.2 Å². The summed E-state index contributed by atoms with van der Waals surface area (Å²) in [5, 5.41) is 0.699. The van der Waals surface area contributed by atoms with Crippen molar-refractivity contribution < 1.29 is 4.74 Å². The molecule has 0 bridgehead atoms. The summed E-state index contributed by atoms with van der Waals surface area (Å²) in [4.78, 5) is 0. The van der Waals surface area contributed by atoms with Crippen LogP contribution >= 0.6 is 11.6 Å². The van der Waals surface area contributed by atoms with Gasteiger partial charge in [0.05, 0.1) is 0 Å². The van der Waals surface area contributed by atoms with Crippen LogP contribution in [0.3, 0.4) is 0 Å². The molecule has 2 aromatic carbocycles. The third kappa shape index (κ3) is 3.75. The minimum Gasteiger partial charge on any atom is -0.457 e. The fourth-order valence-electron chi connectivity index (χ4n) is 2.07. The quantitative estimate of drug-likeness (QED) is 0.874. The number of ether oxygens (including phenoxy) is 1. The molecule has 0 saturated heterocycles. The number of hydrogen-bond donors (Lipinski definition) is 1. The zero-order valence-electron chi connectivity index (χ0n) is 11.9. The summed E-state index contributed by atoms with van der Waals surface area (Å²) < 4.78 is 5.95. The summed E-state index contributed by atoms with van der Waals surface area (Å²) in [5.41, 5.74) is 8.13. The molecular weight excluding hydrogens is 270 g/mol. The Morgan fingerprint density at radius 3 is 2.45 bits per heavy atom. The summed E-state index contributed by atoms with van der Waals surface area (Å²) in [7, 11) is 0. The van der Waals surface area contributed by atoms with Crippen LogP contribution in [0.1, 0.15) is 25.0 Å². The summed E-state index contributed by atoms with van der Waals surface area (Å²) in [5.74, 6) is 1.59. The van der Waals surface area contributed by atoms with Gasteiger partial charge in [-0.25, -0.2) is 0 Å². The highest BCUT2D eigenvalue weighted by atomic mass is 35.5. The fourth-order valence-corrected chi connectivity index (χ4v) is 2.32. The van der Waals surface area contributed by atoms with E-state index in [1.54, 1.807) is 0 Å². The van der Waals surface area contributed by atoms with E-state index in [-0.39, 0.29) is 6.04 Å². The molecular formula is C17H20ClNO. The van der Waals surface area contributed by atoms with Gasteiger partial charge in [-0.1, -0.05) is 36.7 Å². The van der Waals surface area contributed by atoms with Crippen molar-refractivity contribution in [3.63, 3.8) is 0 Å². The molecule has 0 aliphatic heterocycles. The number of aryl methyl sites for hydroxylation is 1. The van der Waals surface area contributed by atoms with Crippen molar-refractivity contribution in [3.8, 4) is 11.5 Å². The van der Waals surface area contributed by atoms with E-state index in [1.807, 2.05) is 37.3 Å². The summed E-state index contributed by atoms with van der Waals surface area (Å²) >= 11 is 6.25. The van der Waals surface area contributed by atoms with Gasteiger partial charge >= 0.3 is 0 Å². The van der Waals surface area contributed by atoms with Gasteiger partial charge in [-0.3, -0.25) is 0 Å². The highest BCUT2D eigenvalue weighted by molar-refractivity contribution is 6.31. The molecule has 0 heterocycles. The van der Waals surface area contributed by atoms with Crippen molar-refractivity contribution >= 4 is 11.6 Å². The third-order valence-electron chi connectivity index (χ3n) is 3.16. The van der Waals surface area contributed by atoms with Gasteiger partial charge in [-0.15, -0.1) is 0 Å². The molecule has 2 N–H and O–H groups in total. The SMILES string of the molecule is CCc1ccc(Oc2cccc(Cl)c2CC(C)N)cc1. The van der Waals surface area contributed by atoms with Crippen molar-refractivity contribution in [3.05, 3.63) is 58.6 Å². The normalized spacial score (nSPS) is 12.2. The van der Waals surface area contributed by atoms with Crippen LogP contribution in [0.5, 0.6) is 11.5 Å². The molecule has 3 heteroatoms. The van der Waals surface area contributed by atoms with Crippen LogP contribution in [0.2, 0.25) is 5.02 Å². The first-order chi connectivity index (χ1) is 9.60. The van der Waals surface area contributed by atoms with E-state index in [0.717, 1.165) is 23.5 Å². The second-order valence-electron chi connectivity index (χ2n) is 5.00. The van der Waals surface area contributed by atoms with E-state index in [4.69, 9.17) is 22.1 Å². The predicted octanol–water partition coefficient (Wildman–Crippen LogP) is 4.58. The van der Waals surface area contributed by atoms with E-state index in [1.165, 1.54) is 5.56 Å². The van der Waals surface area contributed by atoms with Crippen molar-refractivity contribution in [2.45, 2.75) is 32.7 Å². The van der Waals surface area contributed by atoms with Crippen molar-refractivity contribution in [2.24, 2.45) is 5.73 Å². The van der Waals surface area contributed by atoms with Crippen LogP contribution in [-0.2, 0) is 12.8 Å². The molecule has 0 spiro atoms. The Kier molecular flexibility index (Phi) is 5.05. The highest BCUT2D eigenvalue weighted by Gasteiger charge is 2.11. The van der Waals surface area contributed by atoms with E-state index < -0.39 is 0 Å². The largest absolute Gasteiger partial charge is 0.457 e. The van der Waals surface area contributed by atoms with Crippen LogP contribution in [0.15, 0.2) is 42.5 Å². The third-order valence-corrected chi connectivity index (χ3v) is 3.52. The maximum absolute atomic E-state index is 6.25. The number of halogens is 1. The summed E-state index contributed by atoms with van der Waals surface area (Å²) in [6.45, 7) is 4.09. The lowest BCUT2D eigenvalue weighted by Gasteiger charge is -2.14. The molecule has 106 valence electrons. The molecule has 0 amide bonds. The van der Waals surface area contributed by atoms with E-state index in [2.05, 4.69) is 19.1 Å². The Morgan fingerprint density at radius 2 is 1.85 bits per heavy atom. The van der Waals surface area contributed by atoms with Crippen molar-refractivity contribution in [1.29, 1.82) is 0 Å². The summed E-state index contributed by atoms with van der Waals surface area (Å²) in [6.07, 6.45) is 1.72.